The number of sulfonamides is 2. The molecule has 6 heterocycles. The van der Waals surface area contributed by atoms with Crippen LogP contribution in [0.4, 0.5) is 35.1 Å². The minimum absolute atomic E-state index is 0.0482. The molecule has 14 atom stereocenters. The summed E-state index contributed by atoms with van der Waals surface area (Å²) in [6.07, 6.45) is -2.36. The molecule has 4 aliphatic heterocycles. The molecule has 0 spiro atoms. The van der Waals surface area contributed by atoms with Crippen LogP contribution in [0.15, 0.2) is 72.8 Å². The quantitative estimate of drug-likeness (QED) is 0.0531. The second kappa shape index (κ2) is 34.2. The van der Waals surface area contributed by atoms with E-state index in [0.29, 0.717) is 50.0 Å². The van der Waals surface area contributed by atoms with Gasteiger partial charge in [-0.15, -0.1) is 0 Å². The highest BCUT2D eigenvalue weighted by Gasteiger charge is 2.66. The van der Waals surface area contributed by atoms with E-state index in [9.17, 15) is 90.3 Å². The normalized spacial score (nSPS) is 29.4. The van der Waals surface area contributed by atoms with Crippen molar-refractivity contribution in [2.75, 3.05) is 40.7 Å². The number of hydrogen-bond acceptors (Lipinski definition) is 20. The summed E-state index contributed by atoms with van der Waals surface area (Å²) in [5.41, 5.74) is -7.22. The van der Waals surface area contributed by atoms with Crippen LogP contribution in [0.3, 0.4) is 0 Å². The van der Waals surface area contributed by atoms with Crippen LogP contribution in [0.2, 0.25) is 0 Å². The van der Waals surface area contributed by atoms with Gasteiger partial charge in [-0.05, 0) is 213 Å². The molecule has 0 radical (unpaired) electrons. The summed E-state index contributed by atoms with van der Waals surface area (Å²) < 4.78 is 200. The van der Waals surface area contributed by atoms with Crippen molar-refractivity contribution in [3.8, 4) is 23.3 Å². The highest BCUT2D eigenvalue weighted by atomic mass is 32.2. The number of benzene rings is 2. The summed E-state index contributed by atoms with van der Waals surface area (Å²) in [4.78, 5) is 124. The second-order valence-corrected chi connectivity index (χ2v) is 40.1. The lowest BCUT2D eigenvalue weighted by Gasteiger charge is -2.32. The van der Waals surface area contributed by atoms with Crippen LogP contribution in [0.25, 0.3) is 21.5 Å². The lowest BCUT2D eigenvalue weighted by Crippen LogP contribution is -2.48. The summed E-state index contributed by atoms with van der Waals surface area (Å²) in [6.45, 7) is 15.1. The van der Waals surface area contributed by atoms with E-state index < -0.39 is 197 Å². The highest BCUT2D eigenvalue weighted by Crippen LogP contribution is 2.60. The monoisotopic (exact) mass is 1700 g/mol. The number of nitrogens with one attached hydrogen (secondary N) is 2. The van der Waals surface area contributed by atoms with Gasteiger partial charge in [-0.3, -0.25) is 47.8 Å². The number of pyridine rings is 2. The minimum Gasteiger partial charge on any atom is -0.497 e. The number of methoxy groups -OCH3 is 2. The molecule has 0 unspecified atom stereocenters. The number of fused-ring (bicyclic) bond motifs is 6. The number of esters is 2. The molecule has 34 heteroatoms. The number of nitrogens with zero attached hydrogens (tertiary/aromatic N) is 4. The average Bonchev–Trinajstić information content (AvgIpc) is 1.56. The first-order valence-electron chi connectivity index (χ1n) is 40.2. The third-order valence-corrected chi connectivity index (χ3v) is 28.6. The summed E-state index contributed by atoms with van der Waals surface area (Å²) >= 11 is 0. The number of amides is 4. The maximum absolute atomic E-state index is 14.9. The summed E-state index contributed by atoms with van der Waals surface area (Å²) in [5, 5.41) is 0.687. The van der Waals surface area contributed by atoms with Crippen molar-refractivity contribution in [1.29, 1.82) is 0 Å². The summed E-state index contributed by atoms with van der Waals surface area (Å²) in [5.74, 6) is -9.21. The van der Waals surface area contributed by atoms with Crippen LogP contribution in [-0.2, 0) is 80.2 Å². The number of hydrogen-bond donors (Lipinski definition) is 2. The van der Waals surface area contributed by atoms with Gasteiger partial charge in [0.05, 0.1) is 74.9 Å². The molecule has 24 nitrogen and oxygen atoms in total. The molecule has 2 saturated heterocycles. The van der Waals surface area contributed by atoms with Gasteiger partial charge in [0.25, 0.3) is 0 Å². The first-order valence-corrected chi connectivity index (χ1v) is 43.1. The number of allylic oxidation sites excluding steroid dienone is 4. The molecule has 8 aliphatic rings. The Bertz CT molecular complexity index is 4530. The molecular weight excluding hydrogens is 1600 g/mol. The number of rotatable bonds is 18. The van der Waals surface area contributed by atoms with Crippen LogP contribution in [0.1, 0.15) is 196 Å². The lowest BCUT2D eigenvalue weighted by atomic mass is 9.82. The lowest BCUT2D eigenvalue weighted by molar-refractivity contribution is -0.160. The maximum Gasteiger partial charge on any atom is 0.433 e. The van der Waals surface area contributed by atoms with Crippen molar-refractivity contribution in [2.45, 2.75) is 242 Å². The second-order valence-electron chi connectivity index (χ2n) is 35.9. The Morgan fingerprint density at radius 3 is 1.20 bits per heavy atom. The molecule has 4 aromatic rings. The third-order valence-electron chi connectivity index (χ3n) is 24.4. The van der Waals surface area contributed by atoms with Gasteiger partial charge in [-0.2, -0.15) is 26.3 Å². The van der Waals surface area contributed by atoms with Crippen LogP contribution < -0.4 is 28.4 Å². The zero-order valence-electron chi connectivity index (χ0n) is 68.4. The molecule has 118 heavy (non-hydrogen) atoms. The molecule has 6 fully saturated rings. The van der Waals surface area contributed by atoms with E-state index in [1.807, 2.05) is 39.8 Å². The van der Waals surface area contributed by atoms with Crippen molar-refractivity contribution in [1.82, 2.24) is 29.2 Å². The first kappa shape index (κ1) is 90.2. The number of carbonyl (C=O) groups excluding carboxylic acids is 8. The van der Waals surface area contributed by atoms with Gasteiger partial charge in [0, 0.05) is 36.5 Å². The number of ketones is 2. The topological polar surface area (TPSA) is 317 Å². The van der Waals surface area contributed by atoms with E-state index in [4.69, 9.17) is 28.4 Å². The van der Waals surface area contributed by atoms with Gasteiger partial charge < -0.3 is 38.2 Å². The Hall–Kier alpha value is -8.56. The number of carbonyl (C=O) groups is 8. The largest absolute Gasteiger partial charge is 0.497 e. The van der Waals surface area contributed by atoms with E-state index in [1.165, 1.54) is 60.4 Å². The first-order chi connectivity index (χ1) is 55.0. The zero-order chi connectivity index (χ0) is 86.6. The minimum atomic E-state index is -4.85. The van der Waals surface area contributed by atoms with E-state index in [-0.39, 0.29) is 134 Å². The fourth-order valence-corrected chi connectivity index (χ4v) is 19.9. The molecule has 2 aromatic carbocycles. The van der Waals surface area contributed by atoms with Crippen LogP contribution >= 0.6 is 0 Å². The van der Waals surface area contributed by atoms with Crippen molar-refractivity contribution >= 4 is 88.7 Å². The van der Waals surface area contributed by atoms with Crippen molar-refractivity contribution in [3.05, 3.63) is 84.2 Å². The zero-order valence-corrected chi connectivity index (χ0v) is 70.0. The van der Waals surface area contributed by atoms with Crippen molar-refractivity contribution < 1.29 is 119 Å². The molecule has 4 amide bonds. The third kappa shape index (κ3) is 20.2. The number of alkyl halides is 8. The van der Waals surface area contributed by atoms with E-state index in [2.05, 4.69) is 19.4 Å². The molecule has 4 aliphatic carbocycles. The number of Topliss-reactive ketones (excluding diaryl/α,β-unsaturated/α-hetero) is 2. The van der Waals surface area contributed by atoms with E-state index >= 15 is 0 Å². The summed E-state index contributed by atoms with van der Waals surface area (Å²) in [7, 11) is -6.11. The smallest absolute Gasteiger partial charge is 0.433 e. The standard InChI is InChI=1S/2C42H53F4N3O9S/c2*1-24-9-7-8-10-27-20-41(27,38(53)48-59(54,55)40(23-43)13-14-40)21-33(50)32-18-29(22-49(32)37(52)31(25(2)15-24)19-35(51)58-39(3,4)5)57-36-30-12-11-28(56-6)16-26(30)17-34(47-36)42(44,45)46/h2*8,10-12,16-17,24-25,27,29,31-32H,7,9,13-15,18-23H2,1-6H3,(H,48,53)/b2*10-8-/t24-,25+,27+,29+,31-,32-,41+;24-,25-,27-,29-,31+,32+,41-/m01/s1. The van der Waals surface area contributed by atoms with Gasteiger partial charge in [0.15, 0.2) is 11.6 Å². The van der Waals surface area contributed by atoms with Crippen molar-refractivity contribution in [3.63, 3.8) is 0 Å². The van der Waals surface area contributed by atoms with E-state index in [1.54, 1.807) is 53.7 Å². The number of halogens is 8. The molecular formula is C84H106F8N6O18S2. The predicted molar refractivity (Wildman–Crippen MR) is 417 cm³/mol. The maximum atomic E-state index is 14.9. The van der Waals surface area contributed by atoms with Gasteiger partial charge in [-0.1, -0.05) is 52.0 Å². The fourth-order valence-electron chi connectivity index (χ4n) is 17.1. The average molecular weight is 1700 g/mol. The number of ether oxygens (including phenoxy) is 6. The molecule has 2 N–H and O–H groups in total. The Kier molecular flexibility index (Phi) is 26.1. The SMILES string of the molecule is COc1ccc2c(O[C@@H]3C[C@H]4C(=O)C[C@]5(C(=O)NS(=O)(=O)C6(CF)CC6)C[C@H]5/C=C\CC[C@@H](C)C[C@@H](C)[C@H](CC(=O)OC(C)(C)C)C(=O)N4C3)nc(C(F)(F)F)cc2c1.COc1ccc2c(O[C@@H]3C[C@H]4C(=O)C[C@]5(C(=O)NS(=O)(=O)C6(CF)CC6)C[C@H]5/C=C\CC[C@H](C)C[C@@H](C)[C@H](CC(=O)OC(C)(C)C)C(=O)N4C3)nc(C(F)(F)F)cc2c1. The van der Waals surface area contributed by atoms with Crippen LogP contribution in [0, 0.1) is 58.2 Å². The predicted octanol–water partition coefficient (Wildman–Crippen LogP) is 13.8. The number of aromatic nitrogens is 2. The molecule has 648 valence electrons. The molecule has 2 aromatic heterocycles. The molecule has 0 bridgehead atoms. The van der Waals surface area contributed by atoms with Gasteiger partial charge in [0.1, 0.15) is 69.1 Å². The Morgan fingerprint density at radius 2 is 0.890 bits per heavy atom. The van der Waals surface area contributed by atoms with Crippen LogP contribution in [0.5, 0.6) is 23.3 Å². The Labute approximate surface area is 681 Å². The van der Waals surface area contributed by atoms with Crippen molar-refractivity contribution in [2.24, 2.45) is 58.2 Å². The summed E-state index contributed by atoms with van der Waals surface area (Å²) in [6, 6.07) is 8.04. The van der Waals surface area contributed by atoms with Gasteiger partial charge in [-0.25, -0.2) is 35.6 Å². The Morgan fingerprint density at radius 1 is 0.534 bits per heavy atom. The van der Waals surface area contributed by atoms with Gasteiger partial charge in [0.2, 0.25) is 55.4 Å². The fraction of sp³-hybridized carbons (Fsp3) is 0.643. The Balaban J connectivity index is 0.000000231. The highest BCUT2D eigenvalue weighted by molar-refractivity contribution is 7.92. The van der Waals surface area contributed by atoms with Crippen LogP contribution in [-0.4, -0.2) is 169 Å². The van der Waals surface area contributed by atoms with E-state index in [0.717, 1.165) is 12.1 Å². The molecule has 4 saturated carbocycles. The molecule has 12 rings (SSSR count). The van der Waals surface area contributed by atoms with Gasteiger partial charge >= 0.3 is 24.3 Å².